The highest BCUT2D eigenvalue weighted by molar-refractivity contribution is 7.99. The highest BCUT2D eigenvalue weighted by atomic mass is 32.2. The van der Waals surface area contributed by atoms with E-state index in [-0.39, 0.29) is 31.0 Å². The van der Waals surface area contributed by atoms with Crippen LogP contribution in [0.25, 0.3) is 5.69 Å². The molecule has 1 saturated carbocycles. The summed E-state index contributed by atoms with van der Waals surface area (Å²) in [7, 11) is 0. The molecule has 1 aromatic carbocycles. The lowest BCUT2D eigenvalue weighted by atomic mass is 9.78. The summed E-state index contributed by atoms with van der Waals surface area (Å²) in [6.45, 7) is 3.68. The fraction of sp³-hybridized carbons (Fsp3) is 0.469. The van der Waals surface area contributed by atoms with Crippen molar-refractivity contribution in [3.05, 3.63) is 60.2 Å². The Balaban J connectivity index is 1.23. The number of hydrogen-bond acceptors (Lipinski definition) is 9. The van der Waals surface area contributed by atoms with Crippen molar-refractivity contribution >= 4 is 17.7 Å². The third kappa shape index (κ3) is 9.24. The number of carbonyl (C=O) groups excluding carboxylic acids is 1. The first-order valence-corrected chi connectivity index (χ1v) is 15.3. The van der Waals surface area contributed by atoms with Crippen molar-refractivity contribution in [1.29, 1.82) is 0 Å². The first-order valence-electron chi connectivity index (χ1n) is 14.4. The SMILES string of the molecule is CC(O)Sc1ncc(COc2ccc(C#CCOC(=O)CCCC3CCC(C(C)O)CC3)c(O)c2)n1-c1cccnc1. The van der Waals surface area contributed by atoms with Gasteiger partial charge in [0, 0.05) is 18.7 Å². The largest absolute Gasteiger partial charge is 0.507 e. The second kappa shape index (κ2) is 15.6. The van der Waals surface area contributed by atoms with Crippen molar-refractivity contribution in [2.45, 2.75) is 82.1 Å². The van der Waals surface area contributed by atoms with Crippen LogP contribution in [-0.4, -0.2) is 54.0 Å². The number of thioether (sulfide) groups is 1. The van der Waals surface area contributed by atoms with Crippen LogP contribution in [-0.2, 0) is 16.1 Å². The number of nitrogens with zero attached hydrogens (tertiary/aromatic N) is 3. The van der Waals surface area contributed by atoms with Crippen molar-refractivity contribution in [3.63, 3.8) is 0 Å². The number of imidazole rings is 1. The fourth-order valence-electron chi connectivity index (χ4n) is 5.15. The van der Waals surface area contributed by atoms with E-state index in [9.17, 15) is 20.1 Å². The van der Waals surface area contributed by atoms with Crippen molar-refractivity contribution in [1.82, 2.24) is 14.5 Å². The quantitative estimate of drug-likeness (QED) is 0.112. The number of phenols is 1. The Morgan fingerprint density at radius 1 is 1.17 bits per heavy atom. The molecule has 42 heavy (non-hydrogen) atoms. The zero-order chi connectivity index (χ0) is 29.9. The highest BCUT2D eigenvalue weighted by Gasteiger charge is 2.24. The summed E-state index contributed by atoms with van der Waals surface area (Å²) in [5.74, 6) is 6.81. The molecule has 3 aromatic rings. The Bertz CT molecular complexity index is 1360. The molecule has 0 bridgehead atoms. The number of carbonyl (C=O) groups is 1. The summed E-state index contributed by atoms with van der Waals surface area (Å²) in [5.41, 5.74) is 1.31. The van der Waals surface area contributed by atoms with Gasteiger partial charge in [-0.15, -0.1) is 0 Å². The van der Waals surface area contributed by atoms with E-state index in [0.29, 0.717) is 34.7 Å². The molecule has 3 N–H and O–H groups in total. The molecule has 0 amide bonds. The number of aromatic hydroxyl groups is 1. The maximum absolute atomic E-state index is 12.1. The van der Waals surface area contributed by atoms with Crippen LogP contribution in [0.3, 0.4) is 0 Å². The normalized spacial score (nSPS) is 18.0. The van der Waals surface area contributed by atoms with Gasteiger partial charge in [-0.2, -0.15) is 0 Å². The van der Waals surface area contributed by atoms with Crippen LogP contribution in [0.5, 0.6) is 11.5 Å². The molecule has 1 fully saturated rings. The van der Waals surface area contributed by atoms with E-state index in [1.165, 1.54) is 17.8 Å². The van der Waals surface area contributed by atoms with E-state index < -0.39 is 5.44 Å². The minimum atomic E-state index is -0.636. The van der Waals surface area contributed by atoms with Gasteiger partial charge in [-0.05, 0) is 75.6 Å². The number of hydrogen-bond donors (Lipinski definition) is 3. The van der Waals surface area contributed by atoms with Gasteiger partial charge >= 0.3 is 5.97 Å². The van der Waals surface area contributed by atoms with Crippen molar-refractivity contribution in [3.8, 4) is 29.0 Å². The molecule has 1 aliphatic carbocycles. The lowest BCUT2D eigenvalue weighted by Gasteiger charge is -2.30. The molecule has 9 nitrogen and oxygen atoms in total. The zero-order valence-electron chi connectivity index (χ0n) is 24.1. The van der Waals surface area contributed by atoms with Gasteiger partial charge < -0.3 is 24.8 Å². The van der Waals surface area contributed by atoms with Crippen molar-refractivity contribution < 1.29 is 29.6 Å². The molecule has 4 rings (SSSR count). The summed E-state index contributed by atoms with van der Waals surface area (Å²) in [6.07, 6.45) is 11.4. The van der Waals surface area contributed by atoms with Gasteiger partial charge in [0.1, 0.15) is 23.5 Å². The number of esters is 1. The van der Waals surface area contributed by atoms with Crippen molar-refractivity contribution in [2.24, 2.45) is 11.8 Å². The molecule has 2 unspecified atom stereocenters. The number of benzene rings is 1. The van der Waals surface area contributed by atoms with Crippen LogP contribution >= 0.6 is 11.8 Å². The number of ether oxygens (including phenoxy) is 2. The van der Waals surface area contributed by atoms with Crippen LogP contribution < -0.4 is 4.74 Å². The van der Waals surface area contributed by atoms with Crippen molar-refractivity contribution in [2.75, 3.05) is 6.61 Å². The van der Waals surface area contributed by atoms with Gasteiger partial charge in [-0.25, -0.2) is 4.98 Å². The van der Waals surface area contributed by atoms with Crippen LogP contribution in [0, 0.1) is 23.7 Å². The standard InChI is InChI=1S/C32H39N3O6S/c1-22(36)25-12-10-24(11-13-25)6-3-9-31(39)40-17-5-7-26-14-15-29(18-30(26)38)41-21-28-20-34-32(42-23(2)37)35(28)27-8-4-16-33-19-27/h4,8,14-16,18-20,22-25,36-38H,3,6,9-13,17,21H2,1-2H3. The predicted octanol–water partition coefficient (Wildman–Crippen LogP) is 5.23. The average Bonchev–Trinajstić information content (AvgIpc) is 3.37. The Morgan fingerprint density at radius 3 is 2.67 bits per heavy atom. The topological polar surface area (TPSA) is 127 Å². The van der Waals surface area contributed by atoms with Crippen LogP contribution in [0.2, 0.25) is 0 Å². The van der Waals surface area contributed by atoms with E-state index in [1.807, 2.05) is 23.6 Å². The van der Waals surface area contributed by atoms with Gasteiger partial charge in [0.2, 0.25) is 0 Å². The average molecular weight is 594 g/mol. The van der Waals surface area contributed by atoms with E-state index in [1.54, 1.807) is 37.6 Å². The van der Waals surface area contributed by atoms with Crippen LogP contribution in [0.15, 0.2) is 54.1 Å². The molecule has 10 heteroatoms. The lowest BCUT2D eigenvalue weighted by Crippen LogP contribution is -2.23. The molecular formula is C32H39N3O6S. The van der Waals surface area contributed by atoms with Gasteiger partial charge in [0.15, 0.2) is 11.8 Å². The number of pyridine rings is 1. The summed E-state index contributed by atoms with van der Waals surface area (Å²) in [5, 5.41) is 30.7. The van der Waals surface area contributed by atoms with E-state index in [4.69, 9.17) is 9.47 Å². The summed E-state index contributed by atoms with van der Waals surface area (Å²) in [4.78, 5) is 20.7. The monoisotopic (exact) mass is 593 g/mol. The number of aliphatic hydroxyl groups excluding tert-OH is 2. The number of aromatic nitrogens is 3. The third-order valence-corrected chi connectivity index (χ3v) is 8.27. The second-order valence-corrected chi connectivity index (χ2v) is 11.9. The van der Waals surface area contributed by atoms with Gasteiger partial charge in [-0.3, -0.25) is 14.3 Å². The lowest BCUT2D eigenvalue weighted by molar-refractivity contribution is -0.142. The molecule has 2 atom stereocenters. The molecular weight excluding hydrogens is 554 g/mol. The Morgan fingerprint density at radius 2 is 1.98 bits per heavy atom. The number of rotatable bonds is 12. The molecule has 1 aliphatic rings. The number of aliphatic hydroxyl groups is 2. The Hall–Kier alpha value is -3.52. The molecule has 0 radical (unpaired) electrons. The van der Waals surface area contributed by atoms with E-state index in [2.05, 4.69) is 21.8 Å². The smallest absolute Gasteiger partial charge is 0.306 e. The molecule has 0 spiro atoms. The predicted molar refractivity (Wildman–Crippen MR) is 160 cm³/mol. The van der Waals surface area contributed by atoms with Gasteiger partial charge in [0.25, 0.3) is 0 Å². The van der Waals surface area contributed by atoms with Gasteiger partial charge in [0.05, 0.1) is 35.4 Å². The maximum atomic E-state index is 12.1. The van der Waals surface area contributed by atoms with Gasteiger partial charge in [-0.1, -0.05) is 36.4 Å². The molecule has 0 aliphatic heterocycles. The van der Waals surface area contributed by atoms with E-state index >= 15 is 0 Å². The third-order valence-electron chi connectivity index (χ3n) is 7.43. The molecule has 2 aromatic heterocycles. The minimum absolute atomic E-state index is 0.0391. The Labute approximate surface area is 251 Å². The van der Waals surface area contributed by atoms with Crippen LogP contribution in [0.4, 0.5) is 0 Å². The second-order valence-electron chi connectivity index (χ2n) is 10.6. The zero-order valence-corrected chi connectivity index (χ0v) is 24.9. The number of phenolic OH excluding ortho intramolecular Hbond substituents is 1. The molecule has 0 saturated heterocycles. The molecule has 2 heterocycles. The highest BCUT2D eigenvalue weighted by Crippen LogP contribution is 2.33. The maximum Gasteiger partial charge on any atom is 0.306 e. The van der Waals surface area contributed by atoms with E-state index in [0.717, 1.165) is 49.9 Å². The van der Waals surface area contributed by atoms with Crippen LogP contribution in [0.1, 0.15) is 70.1 Å². The first kappa shape index (κ1) is 31.4. The summed E-state index contributed by atoms with van der Waals surface area (Å²) >= 11 is 1.22. The first-order chi connectivity index (χ1) is 20.3. The summed E-state index contributed by atoms with van der Waals surface area (Å²) in [6, 6.07) is 8.57. The summed E-state index contributed by atoms with van der Waals surface area (Å²) < 4.78 is 13.0. The molecule has 224 valence electrons. The minimum Gasteiger partial charge on any atom is -0.507 e. The fourth-order valence-corrected chi connectivity index (χ4v) is 5.89. The Kier molecular flexibility index (Phi) is 11.7.